The number of halogens is 1. The second-order valence-electron chi connectivity index (χ2n) is 4.60. The topological polar surface area (TPSA) is 34.2 Å². The Bertz CT molecular complexity index is 324. The molecule has 17 heavy (non-hydrogen) atoms. The maximum atomic E-state index is 5.33. The Kier molecular flexibility index (Phi) is 6.41. The SMILES string of the molecule is CC(C)c1nc(CNC2CCOCC2)cs1.Cl. The molecule has 0 atom stereocenters. The number of nitrogens with one attached hydrogen (secondary N) is 1. The van der Waals surface area contributed by atoms with Crippen LogP contribution in [0.3, 0.4) is 0 Å². The summed E-state index contributed by atoms with van der Waals surface area (Å²) in [5, 5.41) is 6.96. The van der Waals surface area contributed by atoms with Gasteiger partial charge in [-0.3, -0.25) is 0 Å². The van der Waals surface area contributed by atoms with Crippen molar-refractivity contribution in [1.82, 2.24) is 10.3 Å². The van der Waals surface area contributed by atoms with Crippen LogP contribution in [-0.2, 0) is 11.3 Å². The first-order valence-electron chi connectivity index (χ1n) is 6.01. The summed E-state index contributed by atoms with van der Waals surface area (Å²) in [6, 6.07) is 0.609. The lowest BCUT2D eigenvalue weighted by atomic mass is 10.1. The molecule has 1 fully saturated rings. The molecule has 0 radical (unpaired) electrons. The van der Waals surface area contributed by atoms with Gasteiger partial charge in [-0.05, 0) is 12.8 Å². The van der Waals surface area contributed by atoms with Crippen LogP contribution in [0.1, 0.15) is 43.3 Å². The molecule has 2 rings (SSSR count). The van der Waals surface area contributed by atoms with Gasteiger partial charge in [-0.15, -0.1) is 23.7 Å². The Morgan fingerprint density at radius 1 is 1.47 bits per heavy atom. The molecule has 3 nitrogen and oxygen atoms in total. The number of ether oxygens (including phenoxy) is 1. The summed E-state index contributed by atoms with van der Waals surface area (Å²) >= 11 is 1.77. The normalized spacial score (nSPS) is 17.1. The fraction of sp³-hybridized carbons (Fsp3) is 0.750. The molecule has 0 aromatic carbocycles. The molecule has 98 valence electrons. The Hall–Kier alpha value is -0.160. The molecule has 1 aliphatic heterocycles. The fourth-order valence-electron chi connectivity index (χ4n) is 1.82. The molecule has 1 saturated heterocycles. The summed E-state index contributed by atoms with van der Waals surface area (Å²) in [5.74, 6) is 0.543. The van der Waals surface area contributed by atoms with E-state index in [4.69, 9.17) is 4.74 Å². The number of hydrogen-bond donors (Lipinski definition) is 1. The zero-order valence-corrected chi connectivity index (χ0v) is 12.1. The van der Waals surface area contributed by atoms with Crippen molar-refractivity contribution in [3.8, 4) is 0 Å². The second kappa shape index (κ2) is 7.31. The lowest BCUT2D eigenvalue weighted by Crippen LogP contribution is -2.34. The highest BCUT2D eigenvalue weighted by Crippen LogP contribution is 2.19. The largest absolute Gasteiger partial charge is 0.381 e. The lowest BCUT2D eigenvalue weighted by molar-refractivity contribution is 0.0775. The van der Waals surface area contributed by atoms with Crippen molar-refractivity contribution in [2.75, 3.05) is 13.2 Å². The van der Waals surface area contributed by atoms with Gasteiger partial charge in [-0.2, -0.15) is 0 Å². The Morgan fingerprint density at radius 3 is 2.76 bits per heavy atom. The summed E-state index contributed by atoms with van der Waals surface area (Å²) in [6.07, 6.45) is 2.25. The fourth-order valence-corrected chi connectivity index (χ4v) is 2.65. The summed E-state index contributed by atoms with van der Waals surface area (Å²) < 4.78 is 5.33. The van der Waals surface area contributed by atoms with E-state index in [1.807, 2.05) is 0 Å². The molecule has 1 N–H and O–H groups in total. The number of nitrogens with zero attached hydrogens (tertiary/aromatic N) is 1. The van der Waals surface area contributed by atoms with Gasteiger partial charge in [0, 0.05) is 37.1 Å². The van der Waals surface area contributed by atoms with Crippen molar-refractivity contribution < 1.29 is 4.74 Å². The van der Waals surface area contributed by atoms with E-state index in [0.29, 0.717) is 12.0 Å². The highest BCUT2D eigenvalue weighted by Gasteiger charge is 2.13. The Labute approximate surface area is 113 Å². The van der Waals surface area contributed by atoms with Gasteiger partial charge >= 0.3 is 0 Å². The van der Waals surface area contributed by atoms with Crippen molar-refractivity contribution in [2.24, 2.45) is 0 Å². The number of aromatic nitrogens is 1. The molecule has 0 bridgehead atoms. The predicted molar refractivity (Wildman–Crippen MR) is 74.1 cm³/mol. The van der Waals surface area contributed by atoms with Gasteiger partial charge in [0.1, 0.15) is 0 Å². The van der Waals surface area contributed by atoms with E-state index in [1.54, 1.807) is 11.3 Å². The van der Waals surface area contributed by atoms with Gasteiger partial charge in [-0.25, -0.2) is 4.98 Å². The number of thiazole rings is 1. The van der Waals surface area contributed by atoms with Gasteiger partial charge in [0.25, 0.3) is 0 Å². The minimum absolute atomic E-state index is 0. The van der Waals surface area contributed by atoms with Gasteiger partial charge in [0.15, 0.2) is 0 Å². The molecule has 5 heteroatoms. The minimum Gasteiger partial charge on any atom is -0.381 e. The van der Waals surface area contributed by atoms with Crippen molar-refractivity contribution >= 4 is 23.7 Å². The van der Waals surface area contributed by atoms with E-state index >= 15 is 0 Å². The quantitative estimate of drug-likeness (QED) is 0.918. The molecule has 1 aliphatic rings. The third-order valence-electron chi connectivity index (χ3n) is 2.86. The molecule has 1 aromatic heterocycles. The molecule has 0 amide bonds. The van der Waals surface area contributed by atoms with Gasteiger partial charge in [-0.1, -0.05) is 13.8 Å². The molecular weight excluding hydrogens is 256 g/mol. The second-order valence-corrected chi connectivity index (χ2v) is 5.49. The maximum Gasteiger partial charge on any atom is 0.0954 e. The van der Waals surface area contributed by atoms with Crippen molar-refractivity contribution in [1.29, 1.82) is 0 Å². The van der Waals surface area contributed by atoms with Crippen LogP contribution in [0.5, 0.6) is 0 Å². The Balaban J connectivity index is 0.00000144. The maximum absolute atomic E-state index is 5.33. The minimum atomic E-state index is 0. The van der Waals surface area contributed by atoms with Crippen LogP contribution in [0.25, 0.3) is 0 Å². The molecule has 1 aromatic rings. The van der Waals surface area contributed by atoms with E-state index < -0.39 is 0 Å². The summed E-state index contributed by atoms with van der Waals surface area (Å²) in [4.78, 5) is 4.62. The molecule has 0 saturated carbocycles. The lowest BCUT2D eigenvalue weighted by Gasteiger charge is -2.22. The van der Waals surface area contributed by atoms with Crippen LogP contribution in [0, 0.1) is 0 Å². The van der Waals surface area contributed by atoms with Crippen LogP contribution in [-0.4, -0.2) is 24.2 Å². The highest BCUT2D eigenvalue weighted by atomic mass is 35.5. The van der Waals surface area contributed by atoms with Crippen LogP contribution in [0.4, 0.5) is 0 Å². The van der Waals surface area contributed by atoms with E-state index in [9.17, 15) is 0 Å². The van der Waals surface area contributed by atoms with Gasteiger partial charge in [0.2, 0.25) is 0 Å². The molecule has 2 heterocycles. The predicted octanol–water partition coefficient (Wildman–Crippen LogP) is 2.96. The average Bonchev–Trinajstić information content (AvgIpc) is 2.76. The van der Waals surface area contributed by atoms with E-state index in [1.165, 1.54) is 10.7 Å². The van der Waals surface area contributed by atoms with Gasteiger partial charge in [0.05, 0.1) is 10.7 Å². The van der Waals surface area contributed by atoms with Crippen molar-refractivity contribution in [3.63, 3.8) is 0 Å². The summed E-state index contributed by atoms with van der Waals surface area (Å²) in [5.41, 5.74) is 1.18. The first-order valence-corrected chi connectivity index (χ1v) is 6.89. The molecule has 0 unspecified atom stereocenters. The molecular formula is C12H21ClN2OS. The van der Waals surface area contributed by atoms with Crippen LogP contribution < -0.4 is 5.32 Å². The molecule has 0 aliphatic carbocycles. The smallest absolute Gasteiger partial charge is 0.0954 e. The number of hydrogen-bond acceptors (Lipinski definition) is 4. The first-order chi connectivity index (χ1) is 7.75. The zero-order chi connectivity index (χ0) is 11.4. The third kappa shape index (κ3) is 4.54. The van der Waals surface area contributed by atoms with E-state index in [2.05, 4.69) is 29.5 Å². The highest BCUT2D eigenvalue weighted by molar-refractivity contribution is 7.09. The van der Waals surface area contributed by atoms with Crippen LogP contribution in [0.2, 0.25) is 0 Å². The summed E-state index contributed by atoms with van der Waals surface area (Å²) in [6.45, 7) is 7.06. The molecule has 0 spiro atoms. The van der Waals surface area contributed by atoms with E-state index in [0.717, 1.165) is 32.6 Å². The van der Waals surface area contributed by atoms with Crippen molar-refractivity contribution in [2.45, 2.75) is 45.2 Å². The summed E-state index contributed by atoms with van der Waals surface area (Å²) in [7, 11) is 0. The van der Waals surface area contributed by atoms with E-state index in [-0.39, 0.29) is 12.4 Å². The van der Waals surface area contributed by atoms with Gasteiger partial charge < -0.3 is 10.1 Å². The van der Waals surface area contributed by atoms with Crippen molar-refractivity contribution in [3.05, 3.63) is 16.1 Å². The first kappa shape index (κ1) is 14.9. The number of rotatable bonds is 4. The Morgan fingerprint density at radius 2 is 2.18 bits per heavy atom. The zero-order valence-electron chi connectivity index (χ0n) is 10.4. The third-order valence-corrected chi connectivity index (χ3v) is 4.05. The van der Waals surface area contributed by atoms with Crippen LogP contribution in [0.15, 0.2) is 5.38 Å². The van der Waals surface area contributed by atoms with Crippen LogP contribution >= 0.6 is 23.7 Å². The monoisotopic (exact) mass is 276 g/mol. The average molecular weight is 277 g/mol. The standard InChI is InChI=1S/C12H20N2OS.ClH/c1-9(2)12-14-11(8-16-12)7-13-10-3-5-15-6-4-10;/h8-10,13H,3-7H2,1-2H3;1H.